The number of aromatic hydroxyl groups is 1. The molecule has 0 saturated carbocycles. The summed E-state index contributed by atoms with van der Waals surface area (Å²) in [7, 11) is 1.15. The maximum atomic E-state index is 13.3. The fourth-order valence-corrected chi connectivity index (χ4v) is 3.93. The number of unbranched alkanes of at least 4 members (excludes halogenated alkanes) is 9. The monoisotopic (exact) mass is 520 g/mol. The van der Waals surface area contributed by atoms with Crippen LogP contribution in [0.3, 0.4) is 0 Å². The van der Waals surface area contributed by atoms with Gasteiger partial charge >= 0.3 is 17.9 Å². The smallest absolute Gasteiger partial charge is 0.338 e. The number of rotatable bonds is 19. The van der Waals surface area contributed by atoms with Gasteiger partial charge in [0.15, 0.2) is 17.3 Å². The van der Waals surface area contributed by atoms with Crippen LogP contribution in [-0.2, 0) is 14.3 Å². The van der Waals surface area contributed by atoms with Crippen LogP contribution in [0.1, 0.15) is 138 Å². The number of phenolic OH excluding ortho intramolecular Hbond substituents is 1. The van der Waals surface area contributed by atoms with Crippen LogP contribution in [0.4, 0.5) is 0 Å². The van der Waals surface area contributed by atoms with Gasteiger partial charge in [-0.05, 0) is 25.3 Å². The van der Waals surface area contributed by atoms with Crippen LogP contribution in [0.2, 0.25) is 0 Å². The summed E-state index contributed by atoms with van der Waals surface area (Å²) < 4.78 is 15.8. The maximum Gasteiger partial charge on any atom is 0.338 e. The summed E-state index contributed by atoms with van der Waals surface area (Å²) >= 11 is 0. The first-order chi connectivity index (χ1) is 17.8. The minimum atomic E-state index is -0.870. The van der Waals surface area contributed by atoms with Gasteiger partial charge in [0, 0.05) is 19.3 Å². The maximum absolute atomic E-state index is 13.3. The number of benzene rings is 1. The summed E-state index contributed by atoms with van der Waals surface area (Å²) in [5.41, 5.74) is -0.450. The van der Waals surface area contributed by atoms with E-state index in [1.165, 1.54) is 0 Å². The second-order valence-corrected chi connectivity index (χ2v) is 9.27. The molecule has 1 N–H and O–H groups in total. The highest BCUT2D eigenvalue weighted by molar-refractivity contribution is 6.10. The Morgan fingerprint density at radius 3 is 1.59 bits per heavy atom. The molecular weight excluding hydrogens is 476 g/mol. The number of carbonyl (C=O) groups is 4. The van der Waals surface area contributed by atoms with Crippen molar-refractivity contribution in [1.82, 2.24) is 0 Å². The summed E-state index contributed by atoms with van der Waals surface area (Å²) in [6.45, 7) is 6.17. The van der Waals surface area contributed by atoms with Crippen LogP contribution in [0.15, 0.2) is 6.07 Å². The van der Waals surface area contributed by atoms with Crippen molar-refractivity contribution in [3.63, 3.8) is 0 Å². The molecule has 37 heavy (non-hydrogen) atoms. The number of Topliss-reactive ketones (excluding diaryl/α,β-unsaturated/α-hetero) is 1. The number of ketones is 1. The third kappa shape index (κ3) is 11.4. The van der Waals surface area contributed by atoms with Crippen molar-refractivity contribution in [2.45, 2.75) is 117 Å². The van der Waals surface area contributed by atoms with Crippen LogP contribution < -0.4 is 9.47 Å². The molecule has 8 nitrogen and oxygen atoms in total. The number of methoxy groups -OCH3 is 1. The minimum absolute atomic E-state index is 0.0811. The summed E-state index contributed by atoms with van der Waals surface area (Å²) in [6.07, 6.45) is 10.4. The van der Waals surface area contributed by atoms with E-state index in [1.54, 1.807) is 0 Å². The van der Waals surface area contributed by atoms with E-state index in [0.717, 1.165) is 71.0 Å². The Kier molecular flexibility index (Phi) is 15.9. The standard InChI is InChI=1S/C29H44O8/c1-5-8-11-14-17-22(30)26-21(29(34)35-4)20-23(31)27(36-24(32)18-15-12-9-6-2)28(26)37-25(33)19-16-13-10-7-3/h20,31H,5-19H2,1-4H3. The molecule has 0 spiro atoms. The lowest BCUT2D eigenvalue weighted by Gasteiger charge is -2.18. The molecule has 0 atom stereocenters. The summed E-state index contributed by atoms with van der Waals surface area (Å²) in [5.74, 6) is -4.00. The van der Waals surface area contributed by atoms with Crippen molar-refractivity contribution in [1.29, 1.82) is 0 Å². The molecule has 0 aliphatic carbocycles. The Labute approximate surface area is 221 Å². The van der Waals surface area contributed by atoms with Crippen molar-refractivity contribution in [3.05, 3.63) is 17.2 Å². The molecule has 1 rings (SSSR count). The number of hydrogen-bond donors (Lipinski definition) is 1. The van der Waals surface area contributed by atoms with Crippen LogP contribution in [0.25, 0.3) is 0 Å². The zero-order chi connectivity index (χ0) is 27.6. The molecule has 0 aromatic heterocycles. The highest BCUT2D eigenvalue weighted by atomic mass is 16.6. The van der Waals surface area contributed by atoms with E-state index in [9.17, 15) is 24.3 Å². The molecule has 0 bridgehead atoms. The summed E-state index contributed by atoms with van der Waals surface area (Å²) in [6, 6.07) is 1.03. The first-order valence-corrected chi connectivity index (χ1v) is 13.7. The SMILES string of the molecule is CCCCCCC(=O)Oc1c(O)cc(C(=O)OC)c(C(=O)CCCCCC)c1OC(=O)CCCCCC. The van der Waals surface area contributed by atoms with E-state index >= 15 is 0 Å². The lowest BCUT2D eigenvalue weighted by atomic mass is 9.97. The van der Waals surface area contributed by atoms with Gasteiger partial charge in [-0.2, -0.15) is 0 Å². The van der Waals surface area contributed by atoms with E-state index < -0.39 is 40.9 Å². The second-order valence-electron chi connectivity index (χ2n) is 9.27. The third-order valence-electron chi connectivity index (χ3n) is 6.06. The van der Waals surface area contributed by atoms with Crippen molar-refractivity contribution in [2.24, 2.45) is 0 Å². The molecule has 0 aliphatic rings. The van der Waals surface area contributed by atoms with Gasteiger partial charge in [0.05, 0.1) is 18.2 Å². The number of esters is 3. The predicted octanol–water partition coefficient (Wildman–Crippen LogP) is 7.08. The fraction of sp³-hybridized carbons (Fsp3) is 0.655. The Hall–Kier alpha value is -2.90. The predicted molar refractivity (Wildman–Crippen MR) is 141 cm³/mol. The molecule has 0 aliphatic heterocycles. The molecule has 208 valence electrons. The molecule has 0 radical (unpaired) electrons. The van der Waals surface area contributed by atoms with Crippen molar-refractivity contribution in [3.8, 4) is 17.2 Å². The Bertz CT molecular complexity index is 890. The van der Waals surface area contributed by atoms with Gasteiger partial charge in [-0.15, -0.1) is 0 Å². The van der Waals surface area contributed by atoms with Gasteiger partial charge in [0.1, 0.15) is 0 Å². The third-order valence-corrected chi connectivity index (χ3v) is 6.06. The van der Waals surface area contributed by atoms with Crippen LogP contribution in [0.5, 0.6) is 17.2 Å². The van der Waals surface area contributed by atoms with E-state index in [4.69, 9.17) is 14.2 Å². The van der Waals surface area contributed by atoms with Gasteiger partial charge in [-0.3, -0.25) is 14.4 Å². The van der Waals surface area contributed by atoms with E-state index in [-0.39, 0.29) is 30.4 Å². The van der Waals surface area contributed by atoms with E-state index in [2.05, 4.69) is 20.8 Å². The second kappa shape index (κ2) is 18.4. The van der Waals surface area contributed by atoms with Gasteiger partial charge < -0.3 is 19.3 Å². The number of ether oxygens (including phenoxy) is 3. The molecule has 0 saturated heterocycles. The Morgan fingerprint density at radius 1 is 0.676 bits per heavy atom. The molecule has 0 heterocycles. The molecular formula is C29H44O8. The molecule has 1 aromatic rings. The van der Waals surface area contributed by atoms with Crippen molar-refractivity contribution >= 4 is 23.7 Å². The minimum Gasteiger partial charge on any atom is -0.504 e. The lowest BCUT2D eigenvalue weighted by molar-refractivity contribution is -0.137. The van der Waals surface area contributed by atoms with Gasteiger partial charge in [-0.25, -0.2) is 4.79 Å². The van der Waals surface area contributed by atoms with E-state index in [1.807, 2.05) is 0 Å². The first-order valence-electron chi connectivity index (χ1n) is 13.7. The largest absolute Gasteiger partial charge is 0.504 e. The van der Waals surface area contributed by atoms with Crippen LogP contribution in [-0.4, -0.2) is 35.9 Å². The highest BCUT2D eigenvalue weighted by Gasteiger charge is 2.31. The van der Waals surface area contributed by atoms with Crippen LogP contribution >= 0.6 is 0 Å². The number of phenols is 1. The van der Waals surface area contributed by atoms with Gasteiger partial charge in [0.2, 0.25) is 5.75 Å². The average Bonchev–Trinajstić information content (AvgIpc) is 2.88. The normalized spacial score (nSPS) is 10.7. The topological polar surface area (TPSA) is 116 Å². The van der Waals surface area contributed by atoms with Crippen molar-refractivity contribution < 1.29 is 38.5 Å². The molecule has 1 aromatic carbocycles. The number of carbonyl (C=O) groups excluding carboxylic acids is 4. The quantitative estimate of drug-likeness (QED) is 0.0890. The van der Waals surface area contributed by atoms with Crippen LogP contribution in [0, 0.1) is 0 Å². The molecule has 0 unspecified atom stereocenters. The molecule has 0 fully saturated rings. The molecule has 0 amide bonds. The summed E-state index contributed by atoms with van der Waals surface area (Å²) in [5, 5.41) is 10.7. The number of hydrogen-bond acceptors (Lipinski definition) is 8. The average molecular weight is 521 g/mol. The lowest BCUT2D eigenvalue weighted by Crippen LogP contribution is -2.18. The highest BCUT2D eigenvalue weighted by Crippen LogP contribution is 2.43. The van der Waals surface area contributed by atoms with Crippen molar-refractivity contribution in [2.75, 3.05) is 7.11 Å². The van der Waals surface area contributed by atoms with E-state index in [0.29, 0.717) is 19.3 Å². The Morgan fingerprint density at radius 2 is 1.14 bits per heavy atom. The first kappa shape index (κ1) is 32.1. The fourth-order valence-electron chi connectivity index (χ4n) is 3.93. The Balaban J connectivity index is 3.42. The zero-order valence-corrected chi connectivity index (χ0v) is 23.0. The van der Waals surface area contributed by atoms with Gasteiger partial charge in [0.25, 0.3) is 0 Å². The van der Waals surface area contributed by atoms with Gasteiger partial charge in [-0.1, -0.05) is 78.6 Å². The summed E-state index contributed by atoms with van der Waals surface area (Å²) in [4.78, 5) is 51.2. The molecule has 8 heteroatoms. The zero-order valence-electron chi connectivity index (χ0n) is 23.0.